The molecule has 2 fully saturated rings. The fourth-order valence-corrected chi connectivity index (χ4v) is 6.77. The number of nitrogens with one attached hydrogen (secondary N) is 1. The van der Waals surface area contributed by atoms with Crippen molar-refractivity contribution in [1.29, 1.82) is 0 Å². The van der Waals surface area contributed by atoms with Crippen molar-refractivity contribution in [3.05, 3.63) is 29.5 Å². The van der Waals surface area contributed by atoms with Gasteiger partial charge in [-0.25, -0.2) is 8.42 Å². The SMILES string of the molecule is Cc1c(C(=O)N2CCCCCC2)[nH]c2ccc(S(=O)(=O)N3CC(C)CC(C)C3)cc12. The fraction of sp³-hybridized carbons (Fsp3) is 0.609. The smallest absolute Gasteiger partial charge is 0.270 e. The number of nitrogens with zero attached hydrogens (tertiary/aromatic N) is 2. The molecule has 0 saturated carbocycles. The average molecular weight is 432 g/mol. The van der Waals surface area contributed by atoms with Gasteiger partial charge in [-0.3, -0.25) is 4.79 Å². The summed E-state index contributed by atoms with van der Waals surface area (Å²) in [4.78, 5) is 18.6. The van der Waals surface area contributed by atoms with E-state index in [9.17, 15) is 13.2 Å². The summed E-state index contributed by atoms with van der Waals surface area (Å²) in [5.74, 6) is 0.742. The van der Waals surface area contributed by atoms with Gasteiger partial charge < -0.3 is 9.88 Å². The van der Waals surface area contributed by atoms with Crippen LogP contribution in [0.25, 0.3) is 10.9 Å². The number of hydrogen-bond acceptors (Lipinski definition) is 3. The molecular formula is C23H33N3O3S. The monoisotopic (exact) mass is 431 g/mol. The first-order chi connectivity index (χ1) is 14.3. The second-order valence-electron chi connectivity index (χ2n) is 9.31. The van der Waals surface area contributed by atoms with Crippen molar-refractivity contribution in [1.82, 2.24) is 14.2 Å². The molecule has 2 aliphatic heterocycles. The van der Waals surface area contributed by atoms with E-state index >= 15 is 0 Å². The Kier molecular flexibility index (Phi) is 5.95. The Hall–Kier alpha value is -1.86. The predicted octanol–water partition coefficient (Wildman–Crippen LogP) is 4.16. The number of hydrogen-bond donors (Lipinski definition) is 1. The van der Waals surface area contributed by atoms with E-state index in [1.54, 1.807) is 22.5 Å². The molecule has 0 spiro atoms. The Morgan fingerprint density at radius 1 is 1.03 bits per heavy atom. The lowest BCUT2D eigenvalue weighted by molar-refractivity contribution is 0.0756. The number of piperidine rings is 1. The van der Waals surface area contributed by atoms with E-state index in [2.05, 4.69) is 18.8 Å². The number of carbonyl (C=O) groups excluding carboxylic acids is 1. The molecule has 0 aliphatic carbocycles. The van der Waals surface area contributed by atoms with E-state index < -0.39 is 10.0 Å². The number of carbonyl (C=O) groups is 1. The van der Waals surface area contributed by atoms with Crippen LogP contribution in [0.15, 0.2) is 23.1 Å². The van der Waals surface area contributed by atoms with Crippen molar-refractivity contribution in [3.63, 3.8) is 0 Å². The van der Waals surface area contributed by atoms with Gasteiger partial charge in [0.2, 0.25) is 10.0 Å². The van der Waals surface area contributed by atoms with Gasteiger partial charge >= 0.3 is 0 Å². The molecule has 30 heavy (non-hydrogen) atoms. The maximum Gasteiger partial charge on any atom is 0.270 e. The molecule has 1 aromatic carbocycles. The summed E-state index contributed by atoms with van der Waals surface area (Å²) in [6, 6.07) is 5.20. The lowest BCUT2D eigenvalue weighted by atomic mass is 9.94. The third kappa shape index (κ3) is 4.02. The normalized spacial score (nSPS) is 24.2. The van der Waals surface area contributed by atoms with Gasteiger partial charge in [0.15, 0.2) is 0 Å². The average Bonchev–Trinajstić information content (AvgIpc) is 2.87. The zero-order valence-electron chi connectivity index (χ0n) is 18.3. The van der Waals surface area contributed by atoms with Crippen molar-refractivity contribution in [2.75, 3.05) is 26.2 Å². The molecule has 4 rings (SSSR count). The van der Waals surface area contributed by atoms with Crippen LogP contribution in [0.1, 0.15) is 62.0 Å². The number of aromatic amines is 1. The number of aromatic nitrogens is 1. The van der Waals surface area contributed by atoms with Crippen LogP contribution in [-0.2, 0) is 10.0 Å². The van der Waals surface area contributed by atoms with E-state index in [1.807, 2.05) is 11.8 Å². The van der Waals surface area contributed by atoms with E-state index in [0.717, 1.165) is 48.8 Å². The highest BCUT2D eigenvalue weighted by atomic mass is 32.2. The van der Waals surface area contributed by atoms with Crippen LogP contribution in [0, 0.1) is 18.8 Å². The highest BCUT2D eigenvalue weighted by molar-refractivity contribution is 7.89. The zero-order valence-corrected chi connectivity index (χ0v) is 19.1. The second-order valence-corrected chi connectivity index (χ2v) is 11.2. The molecule has 1 aromatic heterocycles. The van der Waals surface area contributed by atoms with Crippen molar-refractivity contribution in [2.24, 2.45) is 11.8 Å². The Bertz CT molecular complexity index is 1030. The van der Waals surface area contributed by atoms with Crippen molar-refractivity contribution in [2.45, 2.75) is 57.8 Å². The Labute approximate surface area is 179 Å². The van der Waals surface area contributed by atoms with Crippen molar-refractivity contribution < 1.29 is 13.2 Å². The van der Waals surface area contributed by atoms with Crippen LogP contribution in [0.4, 0.5) is 0 Å². The third-order valence-corrected chi connectivity index (χ3v) is 8.44. The van der Waals surface area contributed by atoms with Crippen molar-refractivity contribution >= 4 is 26.8 Å². The second kappa shape index (κ2) is 8.35. The summed E-state index contributed by atoms with van der Waals surface area (Å²) < 4.78 is 28.2. The van der Waals surface area contributed by atoms with Gasteiger partial charge in [0.1, 0.15) is 5.69 Å². The molecular weight excluding hydrogens is 398 g/mol. The lowest BCUT2D eigenvalue weighted by Gasteiger charge is -2.34. The minimum absolute atomic E-state index is 0.0219. The number of aryl methyl sites for hydroxylation is 1. The minimum Gasteiger partial charge on any atom is -0.350 e. The third-order valence-electron chi connectivity index (χ3n) is 6.61. The van der Waals surface area contributed by atoms with Gasteiger partial charge in [0, 0.05) is 37.1 Å². The number of likely N-dealkylation sites (tertiary alicyclic amines) is 1. The van der Waals surface area contributed by atoms with E-state index in [0.29, 0.717) is 35.5 Å². The molecule has 0 radical (unpaired) electrons. The van der Waals surface area contributed by atoms with Gasteiger partial charge in [0.05, 0.1) is 4.90 Å². The number of sulfonamides is 1. The van der Waals surface area contributed by atoms with Gasteiger partial charge in [-0.05, 0) is 61.8 Å². The number of fused-ring (bicyclic) bond motifs is 1. The van der Waals surface area contributed by atoms with Crippen LogP contribution < -0.4 is 0 Å². The topological polar surface area (TPSA) is 73.5 Å². The molecule has 2 saturated heterocycles. The molecule has 2 aliphatic rings. The predicted molar refractivity (Wildman–Crippen MR) is 119 cm³/mol. The van der Waals surface area contributed by atoms with E-state index in [4.69, 9.17) is 0 Å². The van der Waals surface area contributed by atoms with Crippen LogP contribution in [0.5, 0.6) is 0 Å². The number of benzene rings is 1. The molecule has 164 valence electrons. The highest BCUT2D eigenvalue weighted by Gasteiger charge is 2.32. The maximum absolute atomic E-state index is 13.3. The first-order valence-corrected chi connectivity index (χ1v) is 12.6. The molecule has 2 aromatic rings. The standard InChI is InChI=1S/C23H33N3O3S/c1-16-12-17(2)15-26(14-16)30(28,29)19-8-9-21-20(13-19)18(3)22(24-21)23(27)25-10-6-4-5-7-11-25/h8-9,13,16-17,24H,4-7,10-12,14-15H2,1-3H3. The Balaban J connectivity index is 1.66. The van der Waals surface area contributed by atoms with Crippen LogP contribution in [0.3, 0.4) is 0 Å². The molecule has 1 amide bonds. The molecule has 1 N–H and O–H groups in total. The van der Waals surface area contributed by atoms with Crippen LogP contribution in [0.2, 0.25) is 0 Å². The van der Waals surface area contributed by atoms with Crippen LogP contribution >= 0.6 is 0 Å². The number of H-pyrrole nitrogens is 1. The summed E-state index contributed by atoms with van der Waals surface area (Å²) in [6.07, 6.45) is 5.49. The number of amides is 1. The Morgan fingerprint density at radius 2 is 1.67 bits per heavy atom. The van der Waals surface area contributed by atoms with Gasteiger partial charge in [0.25, 0.3) is 5.91 Å². The Morgan fingerprint density at radius 3 is 2.30 bits per heavy atom. The molecule has 2 unspecified atom stereocenters. The molecule has 0 bridgehead atoms. The van der Waals surface area contributed by atoms with Crippen molar-refractivity contribution in [3.8, 4) is 0 Å². The summed E-state index contributed by atoms with van der Waals surface area (Å²) in [6.45, 7) is 8.84. The number of rotatable bonds is 3. The summed E-state index contributed by atoms with van der Waals surface area (Å²) in [5, 5.41) is 0.812. The highest BCUT2D eigenvalue weighted by Crippen LogP contribution is 2.30. The summed E-state index contributed by atoms with van der Waals surface area (Å²) >= 11 is 0. The zero-order chi connectivity index (χ0) is 21.5. The van der Waals surface area contributed by atoms with Gasteiger partial charge in [-0.2, -0.15) is 4.31 Å². The fourth-order valence-electron chi connectivity index (χ4n) is 5.06. The summed E-state index contributed by atoms with van der Waals surface area (Å²) in [7, 11) is -3.55. The molecule has 6 nitrogen and oxygen atoms in total. The van der Waals surface area contributed by atoms with E-state index in [1.165, 1.54) is 12.8 Å². The van der Waals surface area contributed by atoms with Gasteiger partial charge in [-0.1, -0.05) is 26.7 Å². The molecule has 3 heterocycles. The lowest BCUT2D eigenvalue weighted by Crippen LogP contribution is -2.42. The van der Waals surface area contributed by atoms with Gasteiger partial charge in [-0.15, -0.1) is 0 Å². The summed E-state index contributed by atoms with van der Waals surface area (Å²) in [5.41, 5.74) is 2.23. The first-order valence-electron chi connectivity index (χ1n) is 11.2. The minimum atomic E-state index is -3.55. The van der Waals surface area contributed by atoms with Crippen LogP contribution in [-0.4, -0.2) is 54.7 Å². The first kappa shape index (κ1) is 21.4. The quantitative estimate of drug-likeness (QED) is 0.793. The largest absolute Gasteiger partial charge is 0.350 e. The van der Waals surface area contributed by atoms with E-state index in [-0.39, 0.29) is 5.91 Å². The molecule has 2 atom stereocenters. The maximum atomic E-state index is 13.3. The molecule has 7 heteroatoms.